The van der Waals surface area contributed by atoms with Gasteiger partial charge in [0.15, 0.2) is 0 Å². The van der Waals surface area contributed by atoms with Crippen molar-refractivity contribution in [3.8, 4) is 55.6 Å². The quantitative estimate of drug-likeness (QED) is 0.0887. The number of aryl methyl sites for hydroxylation is 4. The second-order valence-electron chi connectivity index (χ2n) is 16.4. The third-order valence-corrected chi connectivity index (χ3v) is 14.1. The molecule has 9 aromatic carbocycles. The molecule has 4 heterocycles. The fourth-order valence-corrected chi connectivity index (χ4v) is 12.1. The van der Waals surface area contributed by atoms with Crippen LogP contribution in [0.1, 0.15) is 22.3 Å². The fourth-order valence-electron chi connectivity index (χ4n) is 11.3. The highest BCUT2D eigenvalue weighted by Crippen LogP contribution is 2.50. The van der Waals surface area contributed by atoms with E-state index in [1.54, 1.807) is 0 Å². The fraction of sp³-hybridized carbons (Fsp3) is 0.0800. The minimum absolute atomic E-state index is 0.210. The van der Waals surface area contributed by atoms with Crippen LogP contribution >= 0.6 is 22.6 Å². The predicted molar refractivity (Wildman–Crippen MR) is 238 cm³/mol. The van der Waals surface area contributed by atoms with Crippen LogP contribution in [0.5, 0.6) is 0 Å². The van der Waals surface area contributed by atoms with Crippen LogP contribution in [-0.4, -0.2) is 13.4 Å². The standard InChI is InChI=1S/C50H31B2I/c1-24-10-12-40-31(15-24)36-17-27(4)19-38-34-23-44(53)39-22-43-45-32(37-18-26(3)16-35-30-14-25(2)11-13-41(30)52(43)49(35)37)20-29(28-8-6-5-7-9-28)33-21-42(51(40)50(36)38)46(34)48(39)47(33)45/h5-23H,1-4H3. The average molecular weight is 780 g/mol. The molecule has 0 unspecified atom stereocenters. The molecular weight excluding hydrogens is 749 g/mol. The van der Waals surface area contributed by atoms with Gasteiger partial charge in [-0.3, -0.25) is 0 Å². The number of hydrogen-bond donors (Lipinski definition) is 0. The van der Waals surface area contributed by atoms with Crippen molar-refractivity contribution in [2.45, 2.75) is 27.7 Å². The van der Waals surface area contributed by atoms with Gasteiger partial charge in [0.1, 0.15) is 0 Å². The van der Waals surface area contributed by atoms with Gasteiger partial charge < -0.3 is 0 Å². The lowest BCUT2D eigenvalue weighted by atomic mass is 9.34. The number of rotatable bonds is 1. The first kappa shape index (κ1) is 29.3. The molecule has 4 aliphatic rings. The van der Waals surface area contributed by atoms with E-state index in [1.165, 1.54) is 147 Å². The molecule has 0 saturated heterocycles. The van der Waals surface area contributed by atoms with Gasteiger partial charge in [-0.15, -0.1) is 0 Å². The first-order chi connectivity index (χ1) is 25.8. The summed E-state index contributed by atoms with van der Waals surface area (Å²) in [5.74, 6) is 0. The molecule has 0 aliphatic carbocycles. The maximum absolute atomic E-state index is 2.67. The zero-order valence-corrected chi connectivity index (χ0v) is 32.2. The Kier molecular flexibility index (Phi) is 5.37. The van der Waals surface area contributed by atoms with Crippen LogP contribution in [0, 0.1) is 31.3 Å². The van der Waals surface area contributed by atoms with Crippen LogP contribution in [0.15, 0.2) is 115 Å². The van der Waals surface area contributed by atoms with Crippen molar-refractivity contribution >= 4 is 101 Å². The second-order valence-corrected chi connectivity index (χ2v) is 17.5. The van der Waals surface area contributed by atoms with Crippen LogP contribution in [0.2, 0.25) is 0 Å². The van der Waals surface area contributed by atoms with Crippen LogP contribution in [-0.2, 0) is 0 Å². The van der Waals surface area contributed by atoms with Crippen molar-refractivity contribution in [1.82, 2.24) is 0 Å². The van der Waals surface area contributed by atoms with E-state index in [-0.39, 0.29) is 13.4 Å². The van der Waals surface area contributed by atoms with Crippen LogP contribution in [0.3, 0.4) is 0 Å². The Morgan fingerprint density at radius 1 is 0.358 bits per heavy atom. The van der Waals surface area contributed by atoms with Gasteiger partial charge in [-0.2, -0.15) is 0 Å². The molecule has 0 nitrogen and oxygen atoms in total. The molecule has 4 aliphatic heterocycles. The Morgan fingerprint density at radius 2 is 0.830 bits per heavy atom. The Morgan fingerprint density at radius 3 is 1.40 bits per heavy atom. The maximum atomic E-state index is 2.67. The lowest BCUT2D eigenvalue weighted by Crippen LogP contribution is -2.53. The first-order valence-corrected chi connectivity index (χ1v) is 20.0. The molecule has 0 N–H and O–H groups in total. The summed E-state index contributed by atoms with van der Waals surface area (Å²) in [4.78, 5) is 0. The zero-order chi connectivity index (χ0) is 35.2. The van der Waals surface area contributed by atoms with Crippen molar-refractivity contribution in [1.29, 1.82) is 0 Å². The van der Waals surface area contributed by atoms with Gasteiger partial charge >= 0.3 is 0 Å². The summed E-state index contributed by atoms with van der Waals surface area (Å²) in [6.45, 7) is 9.46. The average Bonchev–Trinajstić information content (AvgIpc) is 3.65. The van der Waals surface area contributed by atoms with Crippen molar-refractivity contribution in [3.63, 3.8) is 0 Å². The van der Waals surface area contributed by atoms with E-state index in [1.807, 2.05) is 0 Å². The molecule has 0 aromatic heterocycles. The lowest BCUT2D eigenvalue weighted by molar-refractivity contribution is 1.46. The molecule has 0 fully saturated rings. The van der Waals surface area contributed by atoms with Gasteiger partial charge in [0.25, 0.3) is 0 Å². The normalized spacial score (nSPS) is 13.7. The van der Waals surface area contributed by atoms with E-state index in [4.69, 9.17) is 0 Å². The molecule has 9 aromatic rings. The number of benzene rings is 9. The van der Waals surface area contributed by atoms with Crippen molar-refractivity contribution < 1.29 is 0 Å². The van der Waals surface area contributed by atoms with E-state index >= 15 is 0 Å². The Hall–Kier alpha value is -5.12. The molecule has 13 rings (SSSR count). The van der Waals surface area contributed by atoms with E-state index in [2.05, 4.69) is 166 Å². The van der Waals surface area contributed by atoms with Crippen molar-refractivity contribution in [2.24, 2.45) is 0 Å². The highest BCUT2D eigenvalue weighted by molar-refractivity contribution is 14.1. The van der Waals surface area contributed by atoms with Gasteiger partial charge in [0.2, 0.25) is 13.4 Å². The molecule has 0 amide bonds. The molecule has 0 bridgehead atoms. The van der Waals surface area contributed by atoms with Crippen LogP contribution < -0.4 is 32.8 Å². The number of halogens is 1. The van der Waals surface area contributed by atoms with Gasteiger partial charge in [-0.1, -0.05) is 147 Å². The first-order valence-electron chi connectivity index (χ1n) is 18.9. The van der Waals surface area contributed by atoms with Crippen molar-refractivity contribution in [3.05, 3.63) is 141 Å². The summed E-state index contributed by atoms with van der Waals surface area (Å²) in [7, 11) is 0. The van der Waals surface area contributed by atoms with Crippen molar-refractivity contribution in [2.75, 3.05) is 0 Å². The lowest BCUT2D eigenvalue weighted by Gasteiger charge is -2.32. The smallest absolute Gasteiger partial charge is 0.0661 e. The maximum Gasteiger partial charge on any atom is 0.244 e. The SMILES string of the molecule is Cc1ccc2c(c1)-c1cc(C)cc3c1B2c1cc2c(-c4ccccc4)cc4c5c(cc6c(I)cc-3c1c6c25)B1c2ccc(C)cc2-c2cc(C)cc-4c21. The van der Waals surface area contributed by atoms with E-state index < -0.39 is 0 Å². The summed E-state index contributed by atoms with van der Waals surface area (Å²) in [6.07, 6.45) is 0. The molecular formula is C50H31B2I. The molecule has 3 heteroatoms. The number of hydrogen-bond acceptors (Lipinski definition) is 0. The zero-order valence-electron chi connectivity index (χ0n) is 30.0. The minimum Gasteiger partial charge on any atom is -0.0661 e. The Labute approximate surface area is 323 Å². The minimum atomic E-state index is 0.210. The van der Waals surface area contributed by atoms with Gasteiger partial charge in [-0.05, 0) is 161 Å². The van der Waals surface area contributed by atoms with Crippen LogP contribution in [0.25, 0.3) is 88.0 Å². The van der Waals surface area contributed by atoms with Gasteiger partial charge in [-0.25, -0.2) is 0 Å². The molecule has 0 spiro atoms. The van der Waals surface area contributed by atoms with E-state index in [0.717, 1.165) is 0 Å². The van der Waals surface area contributed by atoms with Gasteiger partial charge in [0.05, 0.1) is 0 Å². The third kappa shape index (κ3) is 3.47. The summed E-state index contributed by atoms with van der Waals surface area (Å²) in [5, 5.41) is 8.58. The summed E-state index contributed by atoms with van der Waals surface area (Å²) in [6, 6.07) is 45.7. The van der Waals surface area contributed by atoms with E-state index in [0.29, 0.717) is 0 Å². The number of fused-ring (bicyclic) bond motifs is 10. The third-order valence-electron chi connectivity index (χ3n) is 13.2. The molecule has 0 radical (unpaired) electrons. The highest BCUT2D eigenvalue weighted by Gasteiger charge is 2.44. The predicted octanol–water partition coefficient (Wildman–Crippen LogP) is 9.04. The summed E-state index contributed by atoms with van der Waals surface area (Å²) < 4.78 is 1.34. The highest BCUT2D eigenvalue weighted by atomic mass is 127. The second kappa shape index (κ2) is 9.70. The van der Waals surface area contributed by atoms with E-state index in [9.17, 15) is 0 Å². The molecule has 0 saturated carbocycles. The largest absolute Gasteiger partial charge is 0.244 e. The Bertz CT molecular complexity index is 3220. The summed E-state index contributed by atoms with van der Waals surface area (Å²) >= 11 is 2.67. The monoisotopic (exact) mass is 780 g/mol. The van der Waals surface area contributed by atoms with Gasteiger partial charge in [0, 0.05) is 3.57 Å². The Balaban J connectivity index is 1.28. The molecule has 244 valence electrons. The topological polar surface area (TPSA) is 0 Å². The molecule has 53 heavy (non-hydrogen) atoms. The summed E-state index contributed by atoms with van der Waals surface area (Å²) in [5.41, 5.74) is 28.0. The van der Waals surface area contributed by atoms with Crippen LogP contribution in [0.4, 0.5) is 0 Å². The molecule has 0 atom stereocenters.